The average molecular weight is 1230 g/mol. The predicted molar refractivity (Wildman–Crippen MR) is 363 cm³/mol. The van der Waals surface area contributed by atoms with Crippen LogP contribution in [0.15, 0.2) is 0 Å². The molecule has 11 nitrogen and oxygen atoms in total. The number of ether oxygens (including phenoxy) is 2. The molecule has 1 fully saturated rings. The Bertz CT molecular complexity index is 1360. The van der Waals surface area contributed by atoms with Gasteiger partial charge in [0, 0.05) is 0 Å². The van der Waals surface area contributed by atoms with Gasteiger partial charge in [-0.05, 0) is 12.8 Å². The maximum atomic E-state index is 13.3. The van der Waals surface area contributed by atoms with E-state index in [1.807, 2.05) is 0 Å². The van der Waals surface area contributed by atoms with E-state index in [9.17, 15) is 40.5 Å². The van der Waals surface area contributed by atoms with E-state index in [2.05, 4.69) is 19.2 Å². The summed E-state index contributed by atoms with van der Waals surface area (Å²) in [6.07, 6.45) is 67.8. The number of amides is 1. The van der Waals surface area contributed by atoms with Gasteiger partial charge in [0.1, 0.15) is 36.6 Å². The van der Waals surface area contributed by atoms with Gasteiger partial charge in [-0.2, -0.15) is 0 Å². The molecule has 11 heteroatoms. The van der Waals surface area contributed by atoms with Crippen molar-refractivity contribution in [3.63, 3.8) is 0 Å². The largest absolute Gasteiger partial charge is 0.394 e. The monoisotopic (exact) mass is 1220 g/mol. The highest BCUT2D eigenvalue weighted by molar-refractivity contribution is 5.80. The van der Waals surface area contributed by atoms with Crippen molar-refractivity contribution in [1.29, 1.82) is 0 Å². The van der Waals surface area contributed by atoms with Gasteiger partial charge in [-0.25, -0.2) is 0 Å². The summed E-state index contributed by atoms with van der Waals surface area (Å²) in [6, 6.07) is -1.16. The summed E-state index contributed by atoms with van der Waals surface area (Å²) < 4.78 is 11.2. The van der Waals surface area contributed by atoms with Crippen molar-refractivity contribution in [2.75, 3.05) is 13.2 Å². The molecule has 1 aliphatic heterocycles. The zero-order valence-corrected chi connectivity index (χ0v) is 57.1. The second kappa shape index (κ2) is 64.2. The third-order valence-corrected chi connectivity index (χ3v) is 19.2. The van der Waals surface area contributed by atoms with Crippen molar-refractivity contribution in [2.24, 2.45) is 0 Å². The van der Waals surface area contributed by atoms with Gasteiger partial charge >= 0.3 is 0 Å². The van der Waals surface area contributed by atoms with E-state index in [-0.39, 0.29) is 6.42 Å². The van der Waals surface area contributed by atoms with Gasteiger partial charge in [0.2, 0.25) is 5.91 Å². The van der Waals surface area contributed by atoms with Crippen molar-refractivity contribution >= 4 is 5.91 Å². The highest BCUT2D eigenvalue weighted by Gasteiger charge is 2.44. The summed E-state index contributed by atoms with van der Waals surface area (Å²) in [7, 11) is 0. The van der Waals surface area contributed by atoms with Gasteiger partial charge in [-0.15, -0.1) is 0 Å². The normalized spacial score (nSPS) is 18.6. The zero-order valence-electron chi connectivity index (χ0n) is 57.1. The van der Waals surface area contributed by atoms with E-state index in [0.717, 1.165) is 38.5 Å². The molecule has 0 saturated carbocycles. The topological polar surface area (TPSA) is 189 Å². The minimum absolute atomic E-state index is 0.268. The van der Waals surface area contributed by atoms with E-state index >= 15 is 0 Å². The van der Waals surface area contributed by atoms with Crippen molar-refractivity contribution in [1.82, 2.24) is 5.32 Å². The summed E-state index contributed by atoms with van der Waals surface area (Å²) in [5, 5.41) is 76.6. The van der Waals surface area contributed by atoms with Crippen LogP contribution in [-0.4, -0.2) is 110 Å². The standard InChI is InChI=1S/C75H149NO10/c1-3-5-7-9-11-13-15-17-19-21-23-25-27-28-29-30-31-32-33-34-35-36-37-38-39-41-43-45-47-49-51-53-55-57-59-61-63-68(79)74(84)76-66(65-85-75-73(83)72(82)71(81)69(64-77)86-75)70(80)67(78)62-60-58-56-54-52-50-48-46-44-42-40-26-24-22-20-18-16-14-12-10-8-6-4-2/h66-73,75,77-83H,3-65H2,1-2H3,(H,76,84). The lowest BCUT2D eigenvalue weighted by atomic mass is 9.98. The van der Waals surface area contributed by atoms with Crippen molar-refractivity contribution < 1.29 is 50.0 Å². The third kappa shape index (κ3) is 50.7. The molecule has 0 aromatic rings. The first kappa shape index (κ1) is 83.1. The van der Waals surface area contributed by atoms with Gasteiger partial charge in [-0.3, -0.25) is 4.79 Å². The van der Waals surface area contributed by atoms with Crippen LogP contribution >= 0.6 is 0 Å². The molecule has 1 heterocycles. The fourth-order valence-electron chi connectivity index (χ4n) is 13.0. The molecular weight excluding hydrogens is 1070 g/mol. The molecule has 514 valence electrons. The van der Waals surface area contributed by atoms with Crippen LogP contribution in [0.3, 0.4) is 0 Å². The van der Waals surface area contributed by atoms with Gasteiger partial charge < -0.3 is 50.5 Å². The Kier molecular flexibility index (Phi) is 62.1. The van der Waals surface area contributed by atoms with E-state index < -0.39 is 74.2 Å². The molecule has 9 unspecified atom stereocenters. The molecule has 9 atom stereocenters. The quantitative estimate of drug-likeness (QED) is 0.0272. The number of unbranched alkanes of at least 4 members (excludes halogenated alkanes) is 57. The van der Waals surface area contributed by atoms with Crippen LogP contribution < -0.4 is 5.32 Å². The lowest BCUT2D eigenvalue weighted by molar-refractivity contribution is -0.303. The number of aliphatic hydroxyl groups excluding tert-OH is 7. The Morgan fingerprint density at radius 2 is 0.605 bits per heavy atom. The zero-order chi connectivity index (χ0) is 62.4. The fourth-order valence-corrected chi connectivity index (χ4v) is 13.0. The highest BCUT2D eigenvalue weighted by Crippen LogP contribution is 2.25. The molecule has 86 heavy (non-hydrogen) atoms. The second-order valence-corrected chi connectivity index (χ2v) is 27.4. The summed E-state index contributed by atoms with van der Waals surface area (Å²) in [4.78, 5) is 13.3. The van der Waals surface area contributed by atoms with Crippen LogP contribution in [-0.2, 0) is 14.3 Å². The number of hydrogen-bond acceptors (Lipinski definition) is 10. The highest BCUT2D eigenvalue weighted by atomic mass is 16.7. The maximum Gasteiger partial charge on any atom is 0.249 e. The van der Waals surface area contributed by atoms with E-state index in [1.54, 1.807) is 0 Å². The van der Waals surface area contributed by atoms with Crippen LogP contribution in [0.25, 0.3) is 0 Å². The predicted octanol–water partition coefficient (Wildman–Crippen LogP) is 19.2. The fraction of sp³-hybridized carbons (Fsp3) is 0.987. The first-order chi connectivity index (χ1) is 42.2. The molecule has 0 radical (unpaired) electrons. The minimum Gasteiger partial charge on any atom is -0.394 e. The first-order valence-electron chi connectivity index (χ1n) is 38.4. The van der Waals surface area contributed by atoms with Gasteiger partial charge in [0.05, 0.1) is 25.4 Å². The summed E-state index contributed by atoms with van der Waals surface area (Å²) >= 11 is 0. The Hall–Kier alpha value is -0.890. The smallest absolute Gasteiger partial charge is 0.249 e. The second-order valence-electron chi connectivity index (χ2n) is 27.4. The Balaban J connectivity index is 2.11. The van der Waals surface area contributed by atoms with Crippen LogP contribution in [0.5, 0.6) is 0 Å². The Morgan fingerprint density at radius 1 is 0.360 bits per heavy atom. The molecule has 0 aromatic carbocycles. The molecule has 0 spiro atoms. The molecule has 0 aliphatic carbocycles. The van der Waals surface area contributed by atoms with Crippen LogP contribution in [0.4, 0.5) is 0 Å². The van der Waals surface area contributed by atoms with Crippen LogP contribution in [0, 0.1) is 0 Å². The minimum atomic E-state index is -1.66. The summed E-state index contributed by atoms with van der Waals surface area (Å²) in [5.74, 6) is -0.686. The molecule has 1 amide bonds. The Morgan fingerprint density at radius 3 is 0.860 bits per heavy atom. The number of rotatable bonds is 69. The van der Waals surface area contributed by atoms with Crippen molar-refractivity contribution in [3.05, 3.63) is 0 Å². The van der Waals surface area contributed by atoms with Gasteiger partial charge in [0.15, 0.2) is 6.29 Å². The number of carbonyl (C=O) groups excluding carboxylic acids is 1. The summed E-state index contributed by atoms with van der Waals surface area (Å²) in [6.45, 7) is 3.54. The van der Waals surface area contributed by atoms with Gasteiger partial charge in [-0.1, -0.05) is 393 Å². The van der Waals surface area contributed by atoms with Crippen LogP contribution in [0.1, 0.15) is 406 Å². The number of nitrogens with one attached hydrogen (secondary N) is 1. The third-order valence-electron chi connectivity index (χ3n) is 19.2. The van der Waals surface area contributed by atoms with E-state index in [1.165, 1.54) is 327 Å². The first-order valence-corrected chi connectivity index (χ1v) is 38.4. The van der Waals surface area contributed by atoms with E-state index in [0.29, 0.717) is 19.3 Å². The maximum absolute atomic E-state index is 13.3. The van der Waals surface area contributed by atoms with Crippen LogP contribution in [0.2, 0.25) is 0 Å². The number of aliphatic hydroxyl groups is 7. The Labute approximate surface area is 532 Å². The van der Waals surface area contributed by atoms with Gasteiger partial charge in [0.25, 0.3) is 0 Å². The molecule has 0 bridgehead atoms. The van der Waals surface area contributed by atoms with E-state index in [4.69, 9.17) is 9.47 Å². The molecule has 0 aromatic heterocycles. The lowest BCUT2D eigenvalue weighted by Crippen LogP contribution is -2.60. The van der Waals surface area contributed by atoms with Crippen molar-refractivity contribution in [2.45, 2.75) is 461 Å². The SMILES string of the molecule is CCCCCCCCCCCCCCCCCCCCCCCCCCCCCCCCCCCCCCC(O)C(=O)NC(COC1OC(CO)C(O)C(O)C1O)C(O)C(O)CCCCCCCCCCCCCCCCCCCCCCCCC. The molecule has 8 N–H and O–H groups in total. The molecule has 1 aliphatic rings. The number of carbonyl (C=O) groups is 1. The summed E-state index contributed by atoms with van der Waals surface area (Å²) in [5.41, 5.74) is 0. The molecule has 1 saturated heterocycles. The molecular formula is C75H149NO10. The lowest BCUT2D eigenvalue weighted by Gasteiger charge is -2.40. The molecule has 1 rings (SSSR count). The average Bonchev–Trinajstić information content (AvgIpc) is 2.54. The van der Waals surface area contributed by atoms with Crippen molar-refractivity contribution in [3.8, 4) is 0 Å². The number of hydrogen-bond donors (Lipinski definition) is 8.